The lowest BCUT2D eigenvalue weighted by Gasteiger charge is -2.36. The summed E-state index contributed by atoms with van der Waals surface area (Å²) in [5.74, 6) is -5.28. The van der Waals surface area contributed by atoms with Gasteiger partial charge in [0.2, 0.25) is 0 Å². The minimum atomic E-state index is -4.99. The van der Waals surface area contributed by atoms with Crippen LogP contribution in [0.3, 0.4) is 0 Å². The lowest BCUT2D eigenvalue weighted by atomic mass is 9.82. The molecule has 170 valence electrons. The molecule has 0 aromatic carbocycles. The Kier molecular flexibility index (Phi) is 5.91. The number of alkyl halides is 6. The van der Waals surface area contributed by atoms with Crippen LogP contribution in [0.2, 0.25) is 0 Å². The minimum Gasteiger partial charge on any atom is -0.401 e. The Balaban J connectivity index is 1.83. The van der Waals surface area contributed by atoms with E-state index in [1.807, 2.05) is 0 Å². The molecule has 1 amide bonds. The summed E-state index contributed by atoms with van der Waals surface area (Å²) >= 11 is 0. The Bertz CT molecular complexity index is 919. The first-order valence-corrected chi connectivity index (χ1v) is 9.20. The van der Waals surface area contributed by atoms with Gasteiger partial charge in [-0.2, -0.15) is 31.3 Å². The molecule has 0 bridgehead atoms. The van der Waals surface area contributed by atoms with Crippen molar-refractivity contribution in [2.24, 2.45) is 28.3 Å². The number of aliphatic imine (C=N–C) groups is 1. The molecule has 2 atom stereocenters. The fourth-order valence-corrected chi connectivity index (χ4v) is 3.80. The lowest BCUT2D eigenvalue weighted by molar-refractivity contribution is -0.190. The number of nitrogens with two attached hydrogens (primary N) is 2. The predicted molar refractivity (Wildman–Crippen MR) is 97.6 cm³/mol. The second-order valence-electron chi connectivity index (χ2n) is 7.36. The molecule has 1 saturated heterocycles. The fraction of sp³-hybridized carbons (Fsp3) is 0.500. The summed E-state index contributed by atoms with van der Waals surface area (Å²) in [6.07, 6.45) is -9.59. The van der Waals surface area contributed by atoms with E-state index in [0.717, 1.165) is 6.07 Å². The Labute approximate surface area is 172 Å². The molecule has 2 aliphatic rings. The van der Waals surface area contributed by atoms with Gasteiger partial charge in [-0.1, -0.05) is 0 Å². The molecule has 2 aliphatic heterocycles. The lowest BCUT2D eigenvalue weighted by Crippen LogP contribution is -2.49. The average Bonchev–Trinajstić information content (AvgIpc) is 2.68. The molecule has 5 N–H and O–H groups in total. The SMILES string of the molecule is NC1=NC(=O)[C@H](O)C(C(F)(F)F)C1=C(N)C1CCN(c2cncc(C(F)(F)F)c2)CC1. The van der Waals surface area contributed by atoms with Crippen LogP contribution < -0.4 is 16.4 Å². The van der Waals surface area contributed by atoms with Crippen LogP contribution in [0.5, 0.6) is 0 Å². The molecule has 0 radical (unpaired) electrons. The van der Waals surface area contributed by atoms with Crippen molar-refractivity contribution < 1.29 is 36.2 Å². The van der Waals surface area contributed by atoms with E-state index in [9.17, 15) is 36.2 Å². The summed E-state index contributed by atoms with van der Waals surface area (Å²) < 4.78 is 79.2. The summed E-state index contributed by atoms with van der Waals surface area (Å²) in [7, 11) is 0. The van der Waals surface area contributed by atoms with Crippen LogP contribution in [0.1, 0.15) is 18.4 Å². The number of nitrogens with zero attached hydrogens (tertiary/aromatic N) is 3. The number of carbonyl (C=O) groups is 1. The van der Waals surface area contributed by atoms with Crippen molar-refractivity contribution in [1.82, 2.24) is 4.98 Å². The molecular formula is C18H19F6N5O2. The number of pyridine rings is 1. The normalized spacial score (nSPS) is 25.5. The van der Waals surface area contributed by atoms with Crippen LogP contribution >= 0.6 is 0 Å². The zero-order valence-electron chi connectivity index (χ0n) is 15.9. The van der Waals surface area contributed by atoms with Crippen LogP contribution in [-0.2, 0) is 11.0 Å². The van der Waals surface area contributed by atoms with Crippen LogP contribution in [0.15, 0.2) is 34.7 Å². The molecule has 0 aliphatic carbocycles. The van der Waals surface area contributed by atoms with Crippen LogP contribution in [0.25, 0.3) is 0 Å². The third kappa shape index (κ3) is 4.60. The van der Waals surface area contributed by atoms with E-state index in [1.54, 1.807) is 4.90 Å². The topological polar surface area (TPSA) is 118 Å². The van der Waals surface area contributed by atoms with E-state index in [4.69, 9.17) is 11.5 Å². The van der Waals surface area contributed by atoms with Gasteiger partial charge in [0.25, 0.3) is 5.91 Å². The third-order valence-corrected chi connectivity index (χ3v) is 5.40. The number of amides is 1. The van der Waals surface area contributed by atoms with Crippen molar-refractivity contribution >= 4 is 17.4 Å². The molecule has 0 saturated carbocycles. The van der Waals surface area contributed by atoms with Gasteiger partial charge in [0, 0.05) is 36.5 Å². The smallest absolute Gasteiger partial charge is 0.401 e. The number of aliphatic hydroxyl groups is 1. The number of amidine groups is 1. The molecule has 3 heterocycles. The molecule has 1 fully saturated rings. The van der Waals surface area contributed by atoms with E-state index in [1.165, 1.54) is 6.20 Å². The van der Waals surface area contributed by atoms with Crippen LogP contribution in [0, 0.1) is 11.8 Å². The number of anilines is 1. The number of hydrogen-bond acceptors (Lipinski definition) is 6. The van der Waals surface area contributed by atoms with Crippen molar-refractivity contribution in [1.29, 1.82) is 0 Å². The molecular weight excluding hydrogens is 432 g/mol. The largest absolute Gasteiger partial charge is 0.417 e. The number of allylic oxidation sites excluding steroid dienone is 1. The first-order chi connectivity index (χ1) is 14.3. The molecule has 7 nitrogen and oxygen atoms in total. The second-order valence-corrected chi connectivity index (χ2v) is 7.36. The van der Waals surface area contributed by atoms with Crippen molar-refractivity contribution in [2.45, 2.75) is 31.3 Å². The molecule has 1 unspecified atom stereocenters. The van der Waals surface area contributed by atoms with Gasteiger partial charge in [-0.05, 0) is 18.9 Å². The summed E-state index contributed by atoms with van der Waals surface area (Å²) in [6.45, 7) is 0.410. The van der Waals surface area contributed by atoms with E-state index < -0.39 is 53.2 Å². The van der Waals surface area contributed by atoms with E-state index in [0.29, 0.717) is 6.20 Å². The van der Waals surface area contributed by atoms with Gasteiger partial charge in [-0.15, -0.1) is 0 Å². The van der Waals surface area contributed by atoms with E-state index in [-0.39, 0.29) is 37.3 Å². The van der Waals surface area contributed by atoms with Crippen molar-refractivity contribution in [2.75, 3.05) is 18.0 Å². The molecule has 1 aromatic rings. The quantitative estimate of drug-likeness (QED) is 0.592. The summed E-state index contributed by atoms with van der Waals surface area (Å²) in [5, 5.41) is 9.76. The van der Waals surface area contributed by atoms with Crippen molar-refractivity contribution in [3.63, 3.8) is 0 Å². The monoisotopic (exact) mass is 451 g/mol. The predicted octanol–water partition coefficient (Wildman–Crippen LogP) is 1.97. The Morgan fingerprint density at radius 2 is 1.74 bits per heavy atom. The number of rotatable bonds is 2. The highest BCUT2D eigenvalue weighted by Crippen LogP contribution is 2.40. The third-order valence-electron chi connectivity index (χ3n) is 5.40. The maximum absolute atomic E-state index is 13.5. The van der Waals surface area contributed by atoms with Gasteiger partial charge in [0.1, 0.15) is 11.8 Å². The molecule has 1 aromatic heterocycles. The van der Waals surface area contributed by atoms with Crippen molar-refractivity contribution in [3.05, 3.63) is 35.3 Å². The second kappa shape index (κ2) is 8.02. The Hall–Kier alpha value is -2.83. The Morgan fingerprint density at radius 3 is 2.29 bits per heavy atom. The standard InChI is InChI=1S/C18H19F6N5O2/c19-17(20,21)9-5-10(7-27-6-9)29-3-1-8(2-4-29)13(25)11-12(18(22,23)24)14(30)16(31)28-15(11)26/h5-8,12,14,30H,1-4,25H2,(H2,26,28,31)/t12?,14-/m1/s1. The van der Waals surface area contributed by atoms with Gasteiger partial charge in [0.05, 0.1) is 17.4 Å². The van der Waals surface area contributed by atoms with Gasteiger partial charge >= 0.3 is 12.4 Å². The fourth-order valence-electron chi connectivity index (χ4n) is 3.80. The maximum atomic E-state index is 13.5. The highest BCUT2D eigenvalue weighted by molar-refractivity contribution is 6.09. The Morgan fingerprint density at radius 1 is 1.13 bits per heavy atom. The minimum absolute atomic E-state index is 0.205. The van der Waals surface area contributed by atoms with Gasteiger partial charge < -0.3 is 21.5 Å². The number of carbonyl (C=O) groups excluding carboxylic acids is 1. The van der Waals surface area contributed by atoms with Gasteiger partial charge in [0.15, 0.2) is 6.10 Å². The van der Waals surface area contributed by atoms with Gasteiger partial charge in [-0.25, -0.2) is 0 Å². The maximum Gasteiger partial charge on any atom is 0.417 e. The number of aliphatic hydroxyl groups excluding tert-OH is 1. The zero-order chi connectivity index (χ0) is 23.1. The van der Waals surface area contributed by atoms with E-state index in [2.05, 4.69) is 9.98 Å². The molecule has 31 heavy (non-hydrogen) atoms. The van der Waals surface area contributed by atoms with Crippen LogP contribution in [-0.4, -0.2) is 47.2 Å². The molecule has 3 rings (SSSR count). The van der Waals surface area contributed by atoms with Crippen molar-refractivity contribution in [3.8, 4) is 0 Å². The van der Waals surface area contributed by atoms with Crippen LogP contribution in [0.4, 0.5) is 32.0 Å². The number of hydrogen-bond donors (Lipinski definition) is 3. The van der Waals surface area contributed by atoms with Gasteiger partial charge in [-0.3, -0.25) is 9.78 Å². The summed E-state index contributed by atoms with van der Waals surface area (Å²) in [4.78, 5) is 20.0. The number of halogens is 6. The first-order valence-electron chi connectivity index (χ1n) is 9.20. The molecule has 0 spiro atoms. The number of aromatic nitrogens is 1. The highest BCUT2D eigenvalue weighted by atomic mass is 19.4. The summed E-state index contributed by atoms with van der Waals surface area (Å²) in [5.41, 5.74) is 10.0. The molecule has 13 heteroatoms. The van der Waals surface area contributed by atoms with E-state index >= 15 is 0 Å². The zero-order valence-corrected chi connectivity index (χ0v) is 15.9. The number of piperidine rings is 1. The average molecular weight is 451 g/mol. The summed E-state index contributed by atoms with van der Waals surface area (Å²) in [6, 6.07) is 0.947. The first kappa shape index (κ1) is 22.8. The highest BCUT2D eigenvalue weighted by Gasteiger charge is 2.53.